The number of nitrogens with one attached hydrogen (secondary N) is 1. The molecular weight excluding hydrogens is 304 g/mol. The number of methoxy groups -OCH3 is 1. The first kappa shape index (κ1) is 17.5. The van der Waals surface area contributed by atoms with Gasteiger partial charge in [0.1, 0.15) is 11.5 Å². The highest BCUT2D eigenvalue weighted by Crippen LogP contribution is 2.18. The van der Waals surface area contributed by atoms with Gasteiger partial charge in [-0.25, -0.2) is 5.43 Å². The molecule has 5 nitrogen and oxygen atoms in total. The van der Waals surface area contributed by atoms with Crippen molar-refractivity contribution in [2.75, 3.05) is 7.11 Å². The minimum Gasteiger partial charge on any atom is -0.508 e. The van der Waals surface area contributed by atoms with Crippen molar-refractivity contribution < 1.29 is 14.6 Å². The molecule has 0 spiro atoms. The molecule has 126 valence electrons. The number of carbonyl (C=O) groups excluding carboxylic acids is 1. The van der Waals surface area contributed by atoms with Crippen molar-refractivity contribution in [2.45, 2.75) is 26.2 Å². The fourth-order valence-corrected chi connectivity index (χ4v) is 2.31. The Balaban J connectivity index is 1.74. The lowest BCUT2D eigenvalue weighted by Crippen LogP contribution is -2.17. The molecular formula is C19H22N2O3. The normalized spacial score (nSPS) is 10.8. The quantitative estimate of drug-likeness (QED) is 0.606. The molecule has 1 amide bonds. The van der Waals surface area contributed by atoms with Gasteiger partial charge < -0.3 is 9.84 Å². The third-order valence-corrected chi connectivity index (χ3v) is 3.70. The third-order valence-electron chi connectivity index (χ3n) is 3.70. The summed E-state index contributed by atoms with van der Waals surface area (Å²) < 4.78 is 5.19. The van der Waals surface area contributed by atoms with E-state index in [1.165, 1.54) is 11.1 Å². The second-order valence-corrected chi connectivity index (χ2v) is 5.53. The summed E-state index contributed by atoms with van der Waals surface area (Å²) in [5.41, 5.74) is 5.71. The largest absolute Gasteiger partial charge is 0.508 e. The number of nitrogens with zero attached hydrogens (tertiary/aromatic N) is 1. The standard InChI is InChI=1S/C19H22N2O3/c1-14-12-18(24-2)11-8-16(14)4-3-5-19(23)21-20-13-15-6-9-17(22)10-7-15/h6-13,22H,3-5H2,1-2H3,(H,21,23)/b20-13+. The zero-order chi connectivity index (χ0) is 17.4. The second-order valence-electron chi connectivity index (χ2n) is 5.53. The SMILES string of the molecule is COc1ccc(CCCC(=O)N/N=C/c2ccc(O)cc2)c(C)c1. The Bertz CT molecular complexity index is 709. The van der Waals surface area contributed by atoms with Crippen molar-refractivity contribution >= 4 is 12.1 Å². The molecule has 2 N–H and O–H groups in total. The maximum absolute atomic E-state index is 11.8. The topological polar surface area (TPSA) is 70.9 Å². The number of phenols is 1. The highest BCUT2D eigenvalue weighted by molar-refractivity contribution is 5.82. The summed E-state index contributed by atoms with van der Waals surface area (Å²) >= 11 is 0. The Kier molecular flexibility index (Phi) is 6.37. The van der Waals surface area contributed by atoms with Gasteiger partial charge in [0.2, 0.25) is 5.91 Å². The smallest absolute Gasteiger partial charge is 0.240 e. The number of aromatic hydroxyl groups is 1. The van der Waals surface area contributed by atoms with Crippen LogP contribution in [-0.4, -0.2) is 24.3 Å². The van der Waals surface area contributed by atoms with Crippen molar-refractivity contribution in [1.29, 1.82) is 0 Å². The Hall–Kier alpha value is -2.82. The average Bonchev–Trinajstić information content (AvgIpc) is 2.58. The van der Waals surface area contributed by atoms with E-state index in [-0.39, 0.29) is 11.7 Å². The molecule has 0 bridgehead atoms. The minimum atomic E-state index is -0.115. The van der Waals surface area contributed by atoms with Crippen LogP contribution in [-0.2, 0) is 11.2 Å². The zero-order valence-electron chi connectivity index (χ0n) is 14.0. The number of rotatable bonds is 7. The summed E-state index contributed by atoms with van der Waals surface area (Å²) in [6, 6.07) is 12.5. The molecule has 0 aliphatic carbocycles. The highest BCUT2D eigenvalue weighted by Gasteiger charge is 2.03. The number of benzene rings is 2. The number of phenolic OH excluding ortho intramolecular Hbond substituents is 1. The van der Waals surface area contributed by atoms with Gasteiger partial charge in [0.15, 0.2) is 0 Å². The predicted molar refractivity (Wildman–Crippen MR) is 94.5 cm³/mol. The summed E-state index contributed by atoms with van der Waals surface area (Å²) in [5, 5.41) is 13.1. The van der Waals surface area contributed by atoms with Crippen molar-refractivity contribution in [3.63, 3.8) is 0 Å². The highest BCUT2D eigenvalue weighted by atomic mass is 16.5. The molecule has 0 aromatic heterocycles. The number of amides is 1. The molecule has 24 heavy (non-hydrogen) atoms. The fraction of sp³-hybridized carbons (Fsp3) is 0.263. The molecule has 5 heteroatoms. The molecule has 0 unspecified atom stereocenters. The first-order valence-corrected chi connectivity index (χ1v) is 7.83. The number of aryl methyl sites for hydroxylation is 2. The van der Waals surface area contributed by atoms with Crippen molar-refractivity contribution in [1.82, 2.24) is 5.43 Å². The molecule has 0 aliphatic heterocycles. The molecule has 2 aromatic rings. The predicted octanol–water partition coefficient (Wildman–Crippen LogP) is 3.18. The molecule has 2 rings (SSSR count). The first-order valence-electron chi connectivity index (χ1n) is 7.83. The summed E-state index contributed by atoms with van der Waals surface area (Å²) in [5.74, 6) is 0.929. The van der Waals surface area contributed by atoms with Gasteiger partial charge in [0, 0.05) is 6.42 Å². The van der Waals surface area contributed by atoms with Gasteiger partial charge in [-0.05, 0) is 72.9 Å². The molecule has 0 saturated heterocycles. The van der Waals surface area contributed by atoms with Crippen LogP contribution in [0.15, 0.2) is 47.6 Å². The number of carbonyl (C=O) groups is 1. The van der Waals surface area contributed by atoms with E-state index in [0.717, 1.165) is 24.2 Å². The van der Waals surface area contributed by atoms with Crippen LogP contribution in [0.25, 0.3) is 0 Å². The van der Waals surface area contributed by atoms with Crippen LogP contribution in [0.3, 0.4) is 0 Å². The van der Waals surface area contributed by atoms with Crippen LogP contribution in [0.5, 0.6) is 11.5 Å². The number of ether oxygens (including phenoxy) is 1. The Morgan fingerprint density at radius 1 is 1.25 bits per heavy atom. The van der Waals surface area contributed by atoms with E-state index in [2.05, 4.69) is 10.5 Å². The summed E-state index contributed by atoms with van der Waals surface area (Å²) in [7, 11) is 1.65. The van der Waals surface area contributed by atoms with E-state index in [9.17, 15) is 9.90 Å². The van der Waals surface area contributed by atoms with Crippen LogP contribution in [0, 0.1) is 6.92 Å². The van der Waals surface area contributed by atoms with Crippen LogP contribution in [0.1, 0.15) is 29.5 Å². The van der Waals surface area contributed by atoms with Crippen LogP contribution < -0.4 is 10.2 Å². The Morgan fingerprint density at radius 3 is 2.67 bits per heavy atom. The van der Waals surface area contributed by atoms with Gasteiger partial charge in [0.05, 0.1) is 13.3 Å². The monoisotopic (exact) mass is 326 g/mol. The van der Waals surface area contributed by atoms with Crippen molar-refractivity contribution in [3.8, 4) is 11.5 Å². The van der Waals surface area contributed by atoms with Gasteiger partial charge in [-0.2, -0.15) is 5.10 Å². The summed E-state index contributed by atoms with van der Waals surface area (Å²) in [6.45, 7) is 2.04. The third kappa shape index (κ3) is 5.43. The Morgan fingerprint density at radius 2 is 2.00 bits per heavy atom. The Labute approximate surface area is 142 Å². The molecule has 0 fully saturated rings. The summed E-state index contributed by atoms with van der Waals surface area (Å²) in [4.78, 5) is 11.8. The lowest BCUT2D eigenvalue weighted by atomic mass is 10.0. The molecule has 0 radical (unpaired) electrons. The van der Waals surface area contributed by atoms with E-state index >= 15 is 0 Å². The van der Waals surface area contributed by atoms with Gasteiger partial charge in [-0.15, -0.1) is 0 Å². The molecule has 2 aromatic carbocycles. The lowest BCUT2D eigenvalue weighted by Gasteiger charge is -2.07. The van der Waals surface area contributed by atoms with E-state index in [1.54, 1.807) is 37.6 Å². The average molecular weight is 326 g/mol. The molecule has 0 aliphatic rings. The number of hydrogen-bond donors (Lipinski definition) is 2. The maximum Gasteiger partial charge on any atom is 0.240 e. The van der Waals surface area contributed by atoms with Crippen molar-refractivity contribution in [3.05, 3.63) is 59.2 Å². The maximum atomic E-state index is 11.8. The van der Waals surface area contributed by atoms with Gasteiger partial charge in [-0.1, -0.05) is 6.07 Å². The summed E-state index contributed by atoms with van der Waals surface area (Å²) in [6.07, 6.45) is 3.56. The van der Waals surface area contributed by atoms with E-state index in [1.807, 2.05) is 25.1 Å². The van der Waals surface area contributed by atoms with Crippen molar-refractivity contribution in [2.24, 2.45) is 5.10 Å². The van der Waals surface area contributed by atoms with Gasteiger partial charge in [0.25, 0.3) is 0 Å². The van der Waals surface area contributed by atoms with E-state index in [4.69, 9.17) is 4.74 Å². The van der Waals surface area contributed by atoms with Crippen LogP contribution in [0.4, 0.5) is 0 Å². The van der Waals surface area contributed by atoms with Gasteiger partial charge in [-0.3, -0.25) is 4.79 Å². The zero-order valence-corrected chi connectivity index (χ0v) is 14.0. The van der Waals surface area contributed by atoms with E-state index < -0.39 is 0 Å². The first-order chi connectivity index (χ1) is 11.6. The van der Waals surface area contributed by atoms with Crippen LogP contribution >= 0.6 is 0 Å². The van der Waals surface area contributed by atoms with Gasteiger partial charge >= 0.3 is 0 Å². The molecule has 0 saturated carbocycles. The lowest BCUT2D eigenvalue weighted by molar-refractivity contribution is -0.121. The number of hydrogen-bond acceptors (Lipinski definition) is 4. The molecule has 0 atom stereocenters. The minimum absolute atomic E-state index is 0.115. The second kappa shape index (κ2) is 8.72. The van der Waals surface area contributed by atoms with Crippen LogP contribution in [0.2, 0.25) is 0 Å². The molecule has 0 heterocycles. The van der Waals surface area contributed by atoms with E-state index in [0.29, 0.717) is 6.42 Å². The number of hydrazone groups is 1. The fourth-order valence-electron chi connectivity index (χ4n) is 2.31.